The lowest BCUT2D eigenvalue weighted by atomic mass is 10.3. The first kappa shape index (κ1) is 13.5. The van der Waals surface area contributed by atoms with Crippen LogP contribution in [0.1, 0.15) is 25.6 Å². The Morgan fingerprint density at radius 3 is 2.44 bits per heavy atom. The lowest BCUT2D eigenvalue weighted by molar-refractivity contribution is 0.107. The van der Waals surface area contributed by atoms with Gasteiger partial charge in [-0.25, -0.2) is 0 Å². The van der Waals surface area contributed by atoms with Crippen molar-refractivity contribution in [2.24, 2.45) is 0 Å². The van der Waals surface area contributed by atoms with Gasteiger partial charge >= 0.3 is 0 Å². The minimum Gasteiger partial charge on any atom is -0.395 e. The van der Waals surface area contributed by atoms with Crippen LogP contribution in [0.25, 0.3) is 0 Å². The Balaban J connectivity index is 1.80. The summed E-state index contributed by atoms with van der Waals surface area (Å²) in [4.78, 5) is 4.74. The van der Waals surface area contributed by atoms with Crippen molar-refractivity contribution in [3.05, 3.63) is 18.0 Å². The summed E-state index contributed by atoms with van der Waals surface area (Å²) in [5.41, 5.74) is 1.15. The molecule has 1 aromatic heterocycles. The highest BCUT2D eigenvalue weighted by Gasteiger charge is 2.17. The van der Waals surface area contributed by atoms with E-state index >= 15 is 0 Å². The predicted molar refractivity (Wildman–Crippen MR) is 71.4 cm³/mol. The molecule has 0 radical (unpaired) electrons. The molecule has 2 rings (SSSR count). The van der Waals surface area contributed by atoms with Gasteiger partial charge in [-0.3, -0.25) is 14.5 Å². The Kier molecular flexibility index (Phi) is 4.74. The van der Waals surface area contributed by atoms with Gasteiger partial charge in [0.2, 0.25) is 0 Å². The minimum absolute atomic E-state index is 0.263. The molecule has 0 amide bonds. The summed E-state index contributed by atoms with van der Waals surface area (Å²) in [5, 5.41) is 13.5. The first-order valence-electron chi connectivity index (χ1n) is 6.78. The van der Waals surface area contributed by atoms with Gasteiger partial charge in [0.1, 0.15) is 0 Å². The van der Waals surface area contributed by atoms with Crippen molar-refractivity contribution in [2.45, 2.75) is 26.4 Å². The molecule has 1 N–H and O–H groups in total. The number of hydrogen-bond donors (Lipinski definition) is 1. The molecule has 0 bridgehead atoms. The van der Waals surface area contributed by atoms with Crippen LogP contribution in [0.2, 0.25) is 0 Å². The second kappa shape index (κ2) is 6.31. The zero-order valence-corrected chi connectivity index (χ0v) is 11.4. The molecule has 1 saturated heterocycles. The van der Waals surface area contributed by atoms with Gasteiger partial charge in [0.05, 0.1) is 12.3 Å². The Morgan fingerprint density at radius 1 is 1.22 bits per heavy atom. The normalized spacial score (nSPS) is 18.7. The second-order valence-electron chi connectivity index (χ2n) is 5.22. The molecular formula is C13H24N4O. The van der Waals surface area contributed by atoms with Crippen molar-refractivity contribution < 1.29 is 5.11 Å². The van der Waals surface area contributed by atoms with Crippen molar-refractivity contribution >= 4 is 0 Å². The van der Waals surface area contributed by atoms with Crippen LogP contribution in [0.5, 0.6) is 0 Å². The third-order valence-electron chi connectivity index (χ3n) is 3.46. The van der Waals surface area contributed by atoms with Crippen molar-refractivity contribution in [2.75, 3.05) is 39.3 Å². The van der Waals surface area contributed by atoms with Crippen LogP contribution in [0.3, 0.4) is 0 Å². The standard InChI is InChI=1S/C13H24N4O/c1-12(2)17-4-3-13(14-17)11-16-7-5-15(6-8-16)9-10-18/h3-4,12,18H,5-11H2,1-2H3. The SMILES string of the molecule is CC(C)n1ccc(CN2CCN(CCO)CC2)n1. The number of hydrogen-bond acceptors (Lipinski definition) is 4. The van der Waals surface area contributed by atoms with Crippen molar-refractivity contribution in [3.63, 3.8) is 0 Å². The number of rotatable bonds is 5. The zero-order valence-electron chi connectivity index (χ0n) is 11.4. The van der Waals surface area contributed by atoms with Crippen LogP contribution >= 0.6 is 0 Å². The highest BCUT2D eigenvalue weighted by Crippen LogP contribution is 2.09. The van der Waals surface area contributed by atoms with E-state index in [9.17, 15) is 0 Å². The van der Waals surface area contributed by atoms with Gasteiger partial charge in [-0.1, -0.05) is 0 Å². The lowest BCUT2D eigenvalue weighted by Gasteiger charge is -2.33. The van der Waals surface area contributed by atoms with E-state index in [0.717, 1.165) is 45.0 Å². The molecular weight excluding hydrogens is 228 g/mol. The van der Waals surface area contributed by atoms with E-state index in [0.29, 0.717) is 6.04 Å². The summed E-state index contributed by atoms with van der Waals surface area (Å²) in [6.45, 7) is 10.5. The summed E-state index contributed by atoms with van der Waals surface area (Å²) in [5.74, 6) is 0. The molecule has 0 unspecified atom stereocenters. The van der Waals surface area contributed by atoms with Crippen LogP contribution in [-0.2, 0) is 6.54 Å². The maximum atomic E-state index is 8.91. The van der Waals surface area contributed by atoms with Crippen molar-refractivity contribution in [1.82, 2.24) is 19.6 Å². The van der Waals surface area contributed by atoms with E-state index in [1.54, 1.807) is 0 Å². The average molecular weight is 252 g/mol. The van der Waals surface area contributed by atoms with Crippen LogP contribution in [-0.4, -0.2) is 64.0 Å². The van der Waals surface area contributed by atoms with Crippen molar-refractivity contribution in [3.8, 4) is 0 Å². The summed E-state index contributed by atoms with van der Waals surface area (Å²) in [6.07, 6.45) is 2.06. The summed E-state index contributed by atoms with van der Waals surface area (Å²) in [6, 6.07) is 2.54. The van der Waals surface area contributed by atoms with E-state index in [4.69, 9.17) is 5.11 Å². The number of aliphatic hydroxyl groups is 1. The summed E-state index contributed by atoms with van der Waals surface area (Å²) in [7, 11) is 0. The Morgan fingerprint density at radius 2 is 1.89 bits per heavy atom. The molecule has 0 spiro atoms. The third kappa shape index (κ3) is 3.54. The number of aliphatic hydroxyl groups excluding tert-OH is 1. The number of β-amino-alcohol motifs (C(OH)–C–C–N with tert-alkyl or cyclic N) is 1. The van der Waals surface area contributed by atoms with Crippen LogP contribution in [0.4, 0.5) is 0 Å². The van der Waals surface area contributed by atoms with Crippen LogP contribution in [0.15, 0.2) is 12.3 Å². The molecule has 102 valence electrons. The van der Waals surface area contributed by atoms with E-state index in [1.165, 1.54) is 0 Å². The molecule has 1 fully saturated rings. The zero-order chi connectivity index (χ0) is 13.0. The van der Waals surface area contributed by atoms with E-state index in [2.05, 4.69) is 41.0 Å². The maximum Gasteiger partial charge on any atom is 0.0764 e. The highest BCUT2D eigenvalue weighted by atomic mass is 16.3. The number of nitrogens with zero attached hydrogens (tertiary/aromatic N) is 4. The fourth-order valence-corrected chi connectivity index (χ4v) is 2.29. The summed E-state index contributed by atoms with van der Waals surface area (Å²) < 4.78 is 2.01. The smallest absolute Gasteiger partial charge is 0.0764 e. The van der Waals surface area contributed by atoms with E-state index < -0.39 is 0 Å². The molecule has 0 aliphatic carbocycles. The predicted octanol–water partition coefficient (Wildman–Crippen LogP) is 0.574. The molecule has 0 saturated carbocycles. The highest BCUT2D eigenvalue weighted by molar-refractivity contribution is 4.99. The van der Waals surface area contributed by atoms with E-state index in [1.807, 2.05) is 4.68 Å². The van der Waals surface area contributed by atoms with Gasteiger partial charge in [-0.2, -0.15) is 5.10 Å². The Labute approximate surface area is 109 Å². The second-order valence-corrected chi connectivity index (χ2v) is 5.22. The molecule has 5 nitrogen and oxygen atoms in total. The third-order valence-corrected chi connectivity index (χ3v) is 3.46. The fraction of sp³-hybridized carbons (Fsp3) is 0.769. The van der Waals surface area contributed by atoms with Gasteiger partial charge in [0, 0.05) is 51.5 Å². The molecule has 0 atom stereocenters. The molecule has 5 heteroatoms. The summed E-state index contributed by atoms with van der Waals surface area (Å²) >= 11 is 0. The topological polar surface area (TPSA) is 44.5 Å². The first-order chi connectivity index (χ1) is 8.69. The van der Waals surface area contributed by atoms with Gasteiger partial charge in [-0.15, -0.1) is 0 Å². The number of piperazine rings is 1. The quantitative estimate of drug-likeness (QED) is 0.832. The minimum atomic E-state index is 0.263. The van der Waals surface area contributed by atoms with Gasteiger partial charge in [0.25, 0.3) is 0 Å². The fourth-order valence-electron chi connectivity index (χ4n) is 2.29. The molecule has 1 aliphatic heterocycles. The average Bonchev–Trinajstić information content (AvgIpc) is 2.81. The van der Waals surface area contributed by atoms with Crippen LogP contribution < -0.4 is 0 Å². The molecule has 1 aromatic rings. The largest absolute Gasteiger partial charge is 0.395 e. The number of aromatic nitrogens is 2. The van der Waals surface area contributed by atoms with Crippen LogP contribution in [0, 0.1) is 0 Å². The monoisotopic (exact) mass is 252 g/mol. The molecule has 2 heterocycles. The molecule has 18 heavy (non-hydrogen) atoms. The van der Waals surface area contributed by atoms with Gasteiger partial charge in [0.15, 0.2) is 0 Å². The molecule has 1 aliphatic rings. The Bertz CT molecular complexity index is 356. The van der Waals surface area contributed by atoms with Gasteiger partial charge in [-0.05, 0) is 19.9 Å². The van der Waals surface area contributed by atoms with Gasteiger partial charge < -0.3 is 5.11 Å². The van der Waals surface area contributed by atoms with E-state index in [-0.39, 0.29) is 6.61 Å². The molecule has 0 aromatic carbocycles. The van der Waals surface area contributed by atoms with Crippen molar-refractivity contribution in [1.29, 1.82) is 0 Å². The Hall–Kier alpha value is -0.910. The maximum absolute atomic E-state index is 8.91. The first-order valence-corrected chi connectivity index (χ1v) is 6.78. The lowest BCUT2D eigenvalue weighted by Crippen LogP contribution is -2.46.